The lowest BCUT2D eigenvalue weighted by molar-refractivity contribution is -0.137. The van der Waals surface area contributed by atoms with E-state index in [4.69, 9.17) is 5.73 Å². The summed E-state index contributed by atoms with van der Waals surface area (Å²) < 4.78 is 4.53. The smallest absolute Gasteiger partial charge is 0.341 e. The lowest BCUT2D eigenvalue weighted by Crippen LogP contribution is -2.18. The number of rotatable bonds is 1. The van der Waals surface area contributed by atoms with Crippen molar-refractivity contribution in [3.8, 4) is 0 Å². The highest BCUT2D eigenvalue weighted by molar-refractivity contribution is 7.17. The summed E-state index contributed by atoms with van der Waals surface area (Å²) in [7, 11) is 1.26. The standard InChI is InChI=1S/C10H9NO3S/c1-14-10(13)6-4-8-5(2-7(6)12)3-9(11)15-8/h3-4H,2,11H2,1H3. The second kappa shape index (κ2) is 3.51. The Kier molecular flexibility index (Phi) is 2.32. The average molecular weight is 223 g/mol. The van der Waals surface area contributed by atoms with Crippen LogP contribution in [0.25, 0.3) is 6.08 Å². The Morgan fingerprint density at radius 2 is 2.33 bits per heavy atom. The Balaban J connectivity index is 2.46. The van der Waals surface area contributed by atoms with Gasteiger partial charge in [-0.1, -0.05) is 0 Å². The van der Waals surface area contributed by atoms with E-state index in [1.807, 2.05) is 0 Å². The number of carbonyl (C=O) groups excluding carboxylic acids is 2. The van der Waals surface area contributed by atoms with Crippen molar-refractivity contribution in [2.75, 3.05) is 12.8 Å². The molecule has 0 saturated heterocycles. The molecule has 1 aliphatic carbocycles. The molecule has 5 heteroatoms. The predicted molar refractivity (Wildman–Crippen MR) is 57.4 cm³/mol. The van der Waals surface area contributed by atoms with Crippen LogP contribution in [0.1, 0.15) is 10.4 Å². The third-order valence-electron chi connectivity index (χ3n) is 2.19. The monoisotopic (exact) mass is 223 g/mol. The minimum atomic E-state index is -0.586. The minimum Gasteiger partial charge on any atom is -0.465 e. The number of ether oxygens (including phenoxy) is 1. The number of carbonyl (C=O) groups is 2. The molecule has 78 valence electrons. The highest BCUT2D eigenvalue weighted by Crippen LogP contribution is 2.31. The Hall–Kier alpha value is -1.62. The molecule has 0 fully saturated rings. The van der Waals surface area contributed by atoms with Gasteiger partial charge in [-0.15, -0.1) is 11.3 Å². The maximum absolute atomic E-state index is 11.6. The molecule has 0 amide bonds. The molecular weight excluding hydrogens is 214 g/mol. The molecule has 0 radical (unpaired) electrons. The molecule has 0 atom stereocenters. The van der Waals surface area contributed by atoms with Gasteiger partial charge in [0, 0.05) is 11.3 Å². The summed E-state index contributed by atoms with van der Waals surface area (Å²) in [6.45, 7) is 0. The van der Waals surface area contributed by atoms with Crippen molar-refractivity contribution in [1.29, 1.82) is 0 Å². The van der Waals surface area contributed by atoms with Crippen LogP contribution in [0, 0.1) is 0 Å². The maximum Gasteiger partial charge on any atom is 0.341 e. The van der Waals surface area contributed by atoms with Gasteiger partial charge >= 0.3 is 5.97 Å². The molecule has 2 N–H and O–H groups in total. The SMILES string of the molecule is COC(=O)C1=Cc2sc(N)cc2CC1=O. The number of methoxy groups -OCH3 is 1. The van der Waals surface area contributed by atoms with Crippen LogP contribution >= 0.6 is 11.3 Å². The van der Waals surface area contributed by atoms with E-state index in [0.717, 1.165) is 10.4 Å². The zero-order valence-corrected chi connectivity index (χ0v) is 8.89. The topological polar surface area (TPSA) is 69.4 Å². The predicted octanol–water partition coefficient (Wildman–Crippen LogP) is 1.01. The number of nitrogen functional groups attached to an aromatic ring is 1. The number of thiophene rings is 1. The molecule has 1 aliphatic rings. The summed E-state index contributed by atoms with van der Waals surface area (Å²) in [4.78, 5) is 23.7. The summed E-state index contributed by atoms with van der Waals surface area (Å²) in [6.07, 6.45) is 1.78. The van der Waals surface area contributed by atoms with Crippen molar-refractivity contribution in [3.05, 3.63) is 22.1 Å². The van der Waals surface area contributed by atoms with Gasteiger partial charge in [-0.2, -0.15) is 0 Å². The highest BCUT2D eigenvalue weighted by atomic mass is 32.1. The summed E-state index contributed by atoms with van der Waals surface area (Å²) >= 11 is 1.37. The number of hydrogen-bond donors (Lipinski definition) is 1. The molecular formula is C10H9NO3S. The van der Waals surface area contributed by atoms with E-state index in [2.05, 4.69) is 4.74 Å². The fraction of sp³-hybridized carbons (Fsp3) is 0.200. The van der Waals surface area contributed by atoms with E-state index in [-0.39, 0.29) is 17.8 Å². The van der Waals surface area contributed by atoms with Crippen LogP contribution in [0.15, 0.2) is 11.6 Å². The van der Waals surface area contributed by atoms with Crippen molar-refractivity contribution >= 4 is 34.2 Å². The van der Waals surface area contributed by atoms with Gasteiger partial charge in [0.25, 0.3) is 0 Å². The summed E-state index contributed by atoms with van der Waals surface area (Å²) in [5.41, 5.74) is 6.61. The molecule has 1 aromatic heterocycles. The number of fused-ring (bicyclic) bond motifs is 1. The number of nitrogens with two attached hydrogens (primary N) is 1. The van der Waals surface area contributed by atoms with Gasteiger partial charge in [-0.25, -0.2) is 4.79 Å². The van der Waals surface area contributed by atoms with E-state index in [1.165, 1.54) is 18.4 Å². The van der Waals surface area contributed by atoms with Gasteiger partial charge < -0.3 is 10.5 Å². The largest absolute Gasteiger partial charge is 0.465 e. The molecule has 1 aromatic rings. The first-order valence-electron chi connectivity index (χ1n) is 4.33. The second-order valence-electron chi connectivity index (χ2n) is 3.19. The third-order valence-corrected chi connectivity index (χ3v) is 3.15. The number of Topliss-reactive ketones (excluding diaryl/α,β-unsaturated/α-hetero) is 1. The lowest BCUT2D eigenvalue weighted by atomic mass is 9.97. The van der Waals surface area contributed by atoms with Gasteiger partial charge in [0.2, 0.25) is 0 Å². The molecule has 0 bridgehead atoms. The molecule has 0 saturated carbocycles. The van der Waals surface area contributed by atoms with Gasteiger partial charge in [-0.05, 0) is 17.7 Å². The van der Waals surface area contributed by atoms with E-state index in [9.17, 15) is 9.59 Å². The Morgan fingerprint density at radius 3 is 3.00 bits per heavy atom. The van der Waals surface area contributed by atoms with Gasteiger partial charge in [0.1, 0.15) is 5.57 Å². The van der Waals surface area contributed by atoms with E-state index in [1.54, 1.807) is 12.1 Å². The first-order valence-corrected chi connectivity index (χ1v) is 5.15. The number of hydrogen-bond acceptors (Lipinski definition) is 5. The molecule has 2 rings (SSSR count). The Labute approximate surface area is 90.3 Å². The van der Waals surface area contributed by atoms with Crippen molar-refractivity contribution in [1.82, 2.24) is 0 Å². The van der Waals surface area contributed by atoms with Crippen LogP contribution in [0.3, 0.4) is 0 Å². The second-order valence-corrected chi connectivity index (χ2v) is 4.30. The van der Waals surface area contributed by atoms with E-state index >= 15 is 0 Å². The first-order chi connectivity index (χ1) is 7.11. The fourth-order valence-electron chi connectivity index (χ4n) is 1.49. The van der Waals surface area contributed by atoms with E-state index < -0.39 is 5.97 Å². The minimum absolute atomic E-state index is 0.104. The van der Waals surface area contributed by atoms with Crippen LogP contribution in [0.2, 0.25) is 0 Å². The maximum atomic E-state index is 11.6. The highest BCUT2D eigenvalue weighted by Gasteiger charge is 2.25. The van der Waals surface area contributed by atoms with Crippen molar-refractivity contribution in [2.24, 2.45) is 0 Å². The Bertz CT molecular complexity index is 473. The molecule has 0 aliphatic heterocycles. The third kappa shape index (κ3) is 1.66. The van der Waals surface area contributed by atoms with Crippen molar-refractivity contribution in [2.45, 2.75) is 6.42 Å². The van der Waals surface area contributed by atoms with Crippen molar-refractivity contribution < 1.29 is 14.3 Å². The van der Waals surface area contributed by atoms with Crippen LogP contribution in [0.4, 0.5) is 5.00 Å². The van der Waals surface area contributed by atoms with Gasteiger partial charge in [0.05, 0.1) is 12.1 Å². The molecule has 15 heavy (non-hydrogen) atoms. The quantitative estimate of drug-likeness (QED) is 0.570. The zero-order valence-electron chi connectivity index (χ0n) is 8.07. The van der Waals surface area contributed by atoms with E-state index in [0.29, 0.717) is 5.00 Å². The molecule has 0 spiro atoms. The van der Waals surface area contributed by atoms with Crippen molar-refractivity contribution in [3.63, 3.8) is 0 Å². The summed E-state index contributed by atoms with van der Waals surface area (Å²) in [6, 6.07) is 1.77. The van der Waals surface area contributed by atoms with Gasteiger partial charge in [0.15, 0.2) is 5.78 Å². The van der Waals surface area contributed by atoms with Crippen LogP contribution in [-0.2, 0) is 20.7 Å². The van der Waals surface area contributed by atoms with Gasteiger partial charge in [-0.3, -0.25) is 4.79 Å². The normalized spacial score (nSPS) is 14.5. The summed E-state index contributed by atoms with van der Waals surface area (Å²) in [5, 5.41) is 0.648. The first kappa shape index (κ1) is 9.92. The lowest BCUT2D eigenvalue weighted by Gasteiger charge is -2.09. The number of esters is 1. The fourth-order valence-corrected chi connectivity index (χ4v) is 2.38. The molecule has 4 nitrogen and oxygen atoms in total. The number of ketones is 1. The van der Waals surface area contributed by atoms with Crippen LogP contribution < -0.4 is 5.73 Å². The van der Waals surface area contributed by atoms with Crippen LogP contribution in [-0.4, -0.2) is 18.9 Å². The average Bonchev–Trinajstić information content (AvgIpc) is 2.55. The molecule has 0 unspecified atom stereocenters. The van der Waals surface area contributed by atoms with Crippen LogP contribution in [0.5, 0.6) is 0 Å². The summed E-state index contributed by atoms with van der Waals surface area (Å²) in [5.74, 6) is -0.801. The zero-order chi connectivity index (χ0) is 11.0. The molecule has 0 aromatic carbocycles. The number of anilines is 1. The Morgan fingerprint density at radius 1 is 1.60 bits per heavy atom. The molecule has 1 heterocycles.